The first kappa shape index (κ1) is 15.4. The lowest BCUT2D eigenvalue weighted by Gasteiger charge is -2.15. The molecule has 0 aromatic heterocycles. The molecule has 1 N–H and O–H groups in total. The van der Waals surface area contributed by atoms with E-state index in [1.807, 2.05) is 30.3 Å². The largest absolute Gasteiger partial charge is 0.467 e. The molecule has 5 heteroatoms. The summed E-state index contributed by atoms with van der Waals surface area (Å²) >= 11 is 1.51. The highest BCUT2D eigenvalue weighted by atomic mass is 32.2. The molecule has 2 aromatic rings. The number of amides is 1. The third-order valence-corrected chi connectivity index (χ3v) is 4.09. The van der Waals surface area contributed by atoms with E-state index in [4.69, 9.17) is 4.74 Å². The Morgan fingerprint density at radius 1 is 1.19 bits per heavy atom. The molecular formula is C16H17NO3S. The summed E-state index contributed by atoms with van der Waals surface area (Å²) in [7, 11) is 1.32. The fraction of sp³-hybridized carbons (Fsp3) is 0.250. The molecule has 0 aliphatic heterocycles. The van der Waals surface area contributed by atoms with Crippen LogP contribution in [0.15, 0.2) is 47.4 Å². The first-order valence-corrected chi connectivity index (χ1v) is 7.55. The molecule has 0 saturated heterocycles. The van der Waals surface area contributed by atoms with Crippen molar-refractivity contribution in [2.75, 3.05) is 12.9 Å². The number of fused-ring (bicyclic) bond motifs is 1. The van der Waals surface area contributed by atoms with E-state index in [0.29, 0.717) is 5.75 Å². The van der Waals surface area contributed by atoms with Crippen molar-refractivity contribution in [1.82, 2.24) is 5.32 Å². The topological polar surface area (TPSA) is 55.4 Å². The van der Waals surface area contributed by atoms with Crippen LogP contribution in [0.3, 0.4) is 0 Å². The van der Waals surface area contributed by atoms with Crippen LogP contribution in [0.2, 0.25) is 0 Å². The summed E-state index contributed by atoms with van der Waals surface area (Å²) in [6.07, 6.45) is 0. The van der Waals surface area contributed by atoms with Crippen LogP contribution < -0.4 is 5.32 Å². The molecule has 0 bridgehead atoms. The highest BCUT2D eigenvalue weighted by Crippen LogP contribution is 2.24. The number of hydrogen-bond acceptors (Lipinski definition) is 4. The molecule has 2 rings (SSSR count). The summed E-state index contributed by atoms with van der Waals surface area (Å²) in [5.74, 6) is -0.243. The van der Waals surface area contributed by atoms with Gasteiger partial charge in [0.25, 0.3) is 0 Å². The Kier molecular flexibility index (Phi) is 5.22. The van der Waals surface area contributed by atoms with Gasteiger partial charge >= 0.3 is 5.97 Å². The number of methoxy groups -OCH3 is 1. The molecule has 4 nitrogen and oxygen atoms in total. The average Bonchev–Trinajstić information content (AvgIpc) is 2.50. The summed E-state index contributed by atoms with van der Waals surface area (Å²) in [5.41, 5.74) is 0. The summed E-state index contributed by atoms with van der Waals surface area (Å²) in [5, 5.41) is 4.93. The Morgan fingerprint density at radius 3 is 2.57 bits per heavy atom. The van der Waals surface area contributed by atoms with E-state index in [9.17, 15) is 9.59 Å². The summed E-state index contributed by atoms with van der Waals surface area (Å²) in [6.45, 7) is 1.39. The lowest BCUT2D eigenvalue weighted by atomic mass is 10.1. The molecule has 0 heterocycles. The zero-order valence-electron chi connectivity index (χ0n) is 12.0. The second-order valence-corrected chi connectivity index (χ2v) is 5.69. The SMILES string of the molecule is COC(=O)C(CSc1ccc2ccccc2c1)NC(C)=O. The molecule has 110 valence electrons. The van der Waals surface area contributed by atoms with Crippen LogP contribution in [-0.4, -0.2) is 30.8 Å². The fourth-order valence-corrected chi connectivity index (χ4v) is 2.95. The van der Waals surface area contributed by atoms with Gasteiger partial charge in [0.15, 0.2) is 0 Å². The van der Waals surface area contributed by atoms with Gasteiger partial charge in [0.2, 0.25) is 5.91 Å². The number of thioether (sulfide) groups is 1. The maximum absolute atomic E-state index is 11.6. The molecule has 0 fully saturated rings. The molecule has 1 unspecified atom stereocenters. The predicted molar refractivity (Wildman–Crippen MR) is 84.3 cm³/mol. The average molecular weight is 303 g/mol. The van der Waals surface area contributed by atoms with Crippen molar-refractivity contribution in [3.05, 3.63) is 42.5 Å². The fourth-order valence-electron chi connectivity index (χ4n) is 1.99. The van der Waals surface area contributed by atoms with Crippen molar-refractivity contribution >= 4 is 34.4 Å². The second kappa shape index (κ2) is 7.13. The van der Waals surface area contributed by atoms with E-state index in [2.05, 4.69) is 17.4 Å². The van der Waals surface area contributed by atoms with E-state index in [-0.39, 0.29) is 5.91 Å². The zero-order chi connectivity index (χ0) is 15.2. The van der Waals surface area contributed by atoms with Crippen molar-refractivity contribution in [3.8, 4) is 0 Å². The molecule has 0 saturated carbocycles. The minimum Gasteiger partial charge on any atom is -0.467 e. The summed E-state index contributed by atoms with van der Waals surface area (Å²) in [6, 6.07) is 13.6. The number of rotatable bonds is 5. The van der Waals surface area contributed by atoms with Crippen molar-refractivity contribution in [1.29, 1.82) is 0 Å². The lowest BCUT2D eigenvalue weighted by Crippen LogP contribution is -2.42. The van der Waals surface area contributed by atoms with Gasteiger partial charge in [-0.05, 0) is 22.9 Å². The first-order chi connectivity index (χ1) is 10.1. The highest BCUT2D eigenvalue weighted by molar-refractivity contribution is 7.99. The van der Waals surface area contributed by atoms with Crippen molar-refractivity contribution in [3.63, 3.8) is 0 Å². The van der Waals surface area contributed by atoms with Crippen LogP contribution >= 0.6 is 11.8 Å². The van der Waals surface area contributed by atoms with Crippen LogP contribution in [-0.2, 0) is 14.3 Å². The second-order valence-electron chi connectivity index (χ2n) is 4.60. The molecule has 0 aliphatic carbocycles. The summed E-state index contributed by atoms with van der Waals surface area (Å²) in [4.78, 5) is 23.8. The lowest BCUT2D eigenvalue weighted by molar-refractivity contribution is -0.144. The Labute approximate surface area is 127 Å². The van der Waals surface area contributed by atoms with Crippen LogP contribution in [0.1, 0.15) is 6.92 Å². The van der Waals surface area contributed by atoms with E-state index >= 15 is 0 Å². The van der Waals surface area contributed by atoms with E-state index in [0.717, 1.165) is 10.3 Å². The zero-order valence-corrected chi connectivity index (χ0v) is 12.8. The molecule has 21 heavy (non-hydrogen) atoms. The molecule has 1 amide bonds. The van der Waals surface area contributed by atoms with Gasteiger partial charge in [-0.25, -0.2) is 4.79 Å². The van der Waals surface area contributed by atoms with Gasteiger partial charge in [0, 0.05) is 17.6 Å². The predicted octanol–water partition coefficient (Wildman–Crippen LogP) is 2.61. The normalized spacial score (nSPS) is 11.9. The Morgan fingerprint density at radius 2 is 1.90 bits per heavy atom. The van der Waals surface area contributed by atoms with Crippen molar-refractivity contribution < 1.29 is 14.3 Å². The Balaban J connectivity index is 2.07. The van der Waals surface area contributed by atoms with Gasteiger partial charge in [-0.2, -0.15) is 0 Å². The number of ether oxygens (including phenoxy) is 1. The number of hydrogen-bond donors (Lipinski definition) is 1. The van der Waals surface area contributed by atoms with Crippen LogP contribution in [0, 0.1) is 0 Å². The molecular weight excluding hydrogens is 286 g/mol. The summed E-state index contributed by atoms with van der Waals surface area (Å²) < 4.78 is 4.70. The number of nitrogens with one attached hydrogen (secondary N) is 1. The third kappa shape index (κ3) is 4.23. The van der Waals surface area contributed by atoms with Crippen LogP contribution in [0.25, 0.3) is 10.8 Å². The molecule has 2 aromatic carbocycles. The Hall–Kier alpha value is -2.01. The van der Waals surface area contributed by atoms with Gasteiger partial charge in [0.1, 0.15) is 6.04 Å². The first-order valence-electron chi connectivity index (χ1n) is 6.56. The third-order valence-electron chi connectivity index (χ3n) is 3.00. The van der Waals surface area contributed by atoms with Crippen molar-refractivity contribution in [2.24, 2.45) is 0 Å². The smallest absolute Gasteiger partial charge is 0.329 e. The van der Waals surface area contributed by atoms with E-state index in [1.54, 1.807) is 0 Å². The van der Waals surface area contributed by atoms with Gasteiger partial charge in [0.05, 0.1) is 7.11 Å². The van der Waals surface area contributed by atoms with Gasteiger partial charge in [-0.15, -0.1) is 11.8 Å². The Bertz CT molecular complexity index is 657. The maximum atomic E-state index is 11.6. The molecule has 1 atom stereocenters. The number of carbonyl (C=O) groups excluding carboxylic acids is 2. The van der Waals surface area contributed by atoms with Crippen LogP contribution in [0.4, 0.5) is 0 Å². The minimum absolute atomic E-state index is 0.246. The maximum Gasteiger partial charge on any atom is 0.329 e. The van der Waals surface area contributed by atoms with Crippen molar-refractivity contribution in [2.45, 2.75) is 17.9 Å². The molecule has 0 aliphatic rings. The monoisotopic (exact) mass is 303 g/mol. The number of carbonyl (C=O) groups is 2. The standard InChI is InChI=1S/C16H17NO3S/c1-11(18)17-15(16(19)20-2)10-21-14-8-7-12-5-3-4-6-13(12)9-14/h3-9,15H,10H2,1-2H3,(H,17,18). The number of benzene rings is 2. The van der Waals surface area contributed by atoms with Gasteiger partial charge in [-0.1, -0.05) is 30.3 Å². The molecule has 0 radical (unpaired) electrons. The van der Waals surface area contributed by atoms with Gasteiger partial charge < -0.3 is 10.1 Å². The quantitative estimate of drug-likeness (QED) is 0.681. The highest BCUT2D eigenvalue weighted by Gasteiger charge is 2.20. The van der Waals surface area contributed by atoms with Gasteiger partial charge in [-0.3, -0.25) is 4.79 Å². The van der Waals surface area contributed by atoms with E-state index in [1.165, 1.54) is 31.2 Å². The number of esters is 1. The minimum atomic E-state index is -0.635. The molecule has 0 spiro atoms. The van der Waals surface area contributed by atoms with E-state index < -0.39 is 12.0 Å². The van der Waals surface area contributed by atoms with Crippen LogP contribution in [0.5, 0.6) is 0 Å².